The summed E-state index contributed by atoms with van der Waals surface area (Å²) in [5.74, 6) is -3.48. The van der Waals surface area contributed by atoms with E-state index in [4.69, 9.17) is 14.8 Å². The van der Waals surface area contributed by atoms with Crippen LogP contribution in [0.2, 0.25) is 0 Å². The van der Waals surface area contributed by atoms with Crippen molar-refractivity contribution in [3.63, 3.8) is 0 Å². The molecule has 0 spiro atoms. The summed E-state index contributed by atoms with van der Waals surface area (Å²) in [6, 6.07) is 3.36. The summed E-state index contributed by atoms with van der Waals surface area (Å²) in [4.78, 5) is 0. The molecule has 3 nitrogen and oxygen atoms in total. The van der Waals surface area contributed by atoms with Crippen LogP contribution >= 0.6 is 0 Å². The zero-order chi connectivity index (χ0) is 14.8. The average molecular weight is 288 g/mol. The van der Waals surface area contributed by atoms with Gasteiger partial charge < -0.3 is 14.8 Å². The number of rotatable bonds is 4. The van der Waals surface area contributed by atoms with Gasteiger partial charge in [-0.1, -0.05) is 0 Å². The minimum atomic E-state index is -2.65. The van der Waals surface area contributed by atoms with Crippen LogP contribution in [-0.4, -0.2) is 29.7 Å². The number of halogens is 3. The molecule has 1 aromatic carbocycles. The highest BCUT2D eigenvalue weighted by Gasteiger charge is 2.36. The fourth-order valence-electron chi connectivity index (χ4n) is 2.45. The largest absolute Gasteiger partial charge is 0.493 e. The van der Waals surface area contributed by atoms with Gasteiger partial charge in [0.1, 0.15) is 11.6 Å². The Hall–Kier alpha value is -1.21. The predicted molar refractivity (Wildman–Crippen MR) is 68.6 cm³/mol. The molecule has 1 atom stereocenters. The molecule has 0 heterocycles. The molecule has 2 rings (SSSR count). The third kappa shape index (κ3) is 4.14. The van der Waals surface area contributed by atoms with Gasteiger partial charge in [0.05, 0.1) is 6.61 Å². The first-order valence-electron chi connectivity index (χ1n) is 6.53. The SMILES string of the molecule is OB(O)c1cc(F)cc(OCC2CCCC(F)(F)C2)c1. The zero-order valence-electron chi connectivity index (χ0n) is 10.9. The van der Waals surface area contributed by atoms with Crippen LogP contribution in [0, 0.1) is 11.7 Å². The van der Waals surface area contributed by atoms with E-state index < -0.39 is 18.9 Å². The van der Waals surface area contributed by atoms with Gasteiger partial charge in [-0.25, -0.2) is 13.2 Å². The third-order valence-corrected chi connectivity index (χ3v) is 3.42. The molecule has 20 heavy (non-hydrogen) atoms. The summed E-state index contributed by atoms with van der Waals surface area (Å²) in [5, 5.41) is 18.0. The van der Waals surface area contributed by atoms with Crippen molar-refractivity contribution in [3.8, 4) is 5.75 Å². The Morgan fingerprint density at radius 2 is 2.05 bits per heavy atom. The van der Waals surface area contributed by atoms with Crippen LogP contribution in [0.25, 0.3) is 0 Å². The molecule has 0 amide bonds. The number of hydrogen-bond donors (Lipinski definition) is 2. The van der Waals surface area contributed by atoms with Gasteiger partial charge in [0.15, 0.2) is 0 Å². The highest BCUT2D eigenvalue weighted by Crippen LogP contribution is 2.36. The fraction of sp³-hybridized carbons (Fsp3) is 0.538. The van der Waals surface area contributed by atoms with Crippen LogP contribution < -0.4 is 10.2 Å². The van der Waals surface area contributed by atoms with Crippen LogP contribution in [0.15, 0.2) is 18.2 Å². The second kappa shape index (κ2) is 6.05. The predicted octanol–water partition coefficient (Wildman–Crippen LogP) is 1.71. The first kappa shape index (κ1) is 15.2. The van der Waals surface area contributed by atoms with Crippen molar-refractivity contribution >= 4 is 12.6 Å². The van der Waals surface area contributed by atoms with E-state index in [9.17, 15) is 13.2 Å². The zero-order valence-corrected chi connectivity index (χ0v) is 10.9. The molecule has 7 heteroatoms. The standard InChI is InChI=1S/C13H16BF3O3/c15-11-4-10(14(18)19)5-12(6-11)20-8-9-2-1-3-13(16,17)7-9/h4-6,9,18-19H,1-3,7-8H2. The van der Waals surface area contributed by atoms with Gasteiger partial charge in [-0.3, -0.25) is 0 Å². The lowest BCUT2D eigenvalue weighted by Gasteiger charge is -2.28. The summed E-state index contributed by atoms with van der Waals surface area (Å²) in [5.41, 5.74) is -0.0334. The maximum atomic E-state index is 13.3. The van der Waals surface area contributed by atoms with E-state index in [-0.39, 0.29) is 36.6 Å². The van der Waals surface area contributed by atoms with Crippen molar-refractivity contribution < 1.29 is 28.0 Å². The number of alkyl halides is 2. The second-order valence-electron chi connectivity index (χ2n) is 5.22. The van der Waals surface area contributed by atoms with Gasteiger partial charge in [0.2, 0.25) is 5.92 Å². The summed E-state index contributed by atoms with van der Waals surface area (Å²) >= 11 is 0. The molecular formula is C13H16BF3O3. The normalized spacial score (nSPS) is 21.6. The van der Waals surface area contributed by atoms with E-state index in [2.05, 4.69) is 0 Å². The van der Waals surface area contributed by atoms with Crippen molar-refractivity contribution in [2.24, 2.45) is 5.92 Å². The maximum Gasteiger partial charge on any atom is 0.488 e. The highest BCUT2D eigenvalue weighted by molar-refractivity contribution is 6.58. The van der Waals surface area contributed by atoms with Gasteiger partial charge in [0, 0.05) is 18.9 Å². The smallest absolute Gasteiger partial charge is 0.488 e. The minimum Gasteiger partial charge on any atom is -0.493 e. The van der Waals surface area contributed by atoms with Crippen LogP contribution in [0.4, 0.5) is 13.2 Å². The maximum absolute atomic E-state index is 13.3. The molecule has 0 radical (unpaired) electrons. The molecule has 0 bridgehead atoms. The average Bonchev–Trinajstić information content (AvgIpc) is 2.34. The number of ether oxygens (including phenoxy) is 1. The molecule has 110 valence electrons. The van der Waals surface area contributed by atoms with Gasteiger partial charge in [-0.15, -0.1) is 0 Å². The first-order valence-corrected chi connectivity index (χ1v) is 6.53. The molecule has 0 aliphatic heterocycles. The lowest BCUT2D eigenvalue weighted by atomic mass is 9.80. The topological polar surface area (TPSA) is 49.7 Å². The van der Waals surface area contributed by atoms with Gasteiger partial charge in [0.25, 0.3) is 0 Å². The molecule has 2 N–H and O–H groups in total. The van der Waals surface area contributed by atoms with E-state index in [0.717, 1.165) is 12.1 Å². The Kier molecular flexibility index (Phi) is 4.60. The second-order valence-corrected chi connectivity index (χ2v) is 5.22. The number of hydrogen-bond acceptors (Lipinski definition) is 3. The third-order valence-electron chi connectivity index (χ3n) is 3.42. The quantitative estimate of drug-likeness (QED) is 0.829. The monoisotopic (exact) mass is 288 g/mol. The van der Waals surface area contributed by atoms with E-state index in [1.54, 1.807) is 0 Å². The van der Waals surface area contributed by atoms with Crippen LogP contribution in [0.1, 0.15) is 25.7 Å². The van der Waals surface area contributed by atoms with Crippen molar-refractivity contribution in [1.82, 2.24) is 0 Å². The van der Waals surface area contributed by atoms with E-state index in [1.807, 2.05) is 0 Å². The molecule has 1 fully saturated rings. The van der Waals surface area contributed by atoms with Crippen LogP contribution in [0.5, 0.6) is 5.75 Å². The van der Waals surface area contributed by atoms with Crippen molar-refractivity contribution in [2.75, 3.05) is 6.61 Å². The van der Waals surface area contributed by atoms with E-state index in [1.165, 1.54) is 6.07 Å². The molecule has 0 saturated heterocycles. The van der Waals surface area contributed by atoms with Gasteiger partial charge >= 0.3 is 7.12 Å². The Morgan fingerprint density at radius 1 is 1.30 bits per heavy atom. The Morgan fingerprint density at radius 3 is 2.70 bits per heavy atom. The van der Waals surface area contributed by atoms with Gasteiger partial charge in [-0.2, -0.15) is 0 Å². The van der Waals surface area contributed by atoms with Gasteiger partial charge in [-0.05, 0) is 36.4 Å². The number of benzene rings is 1. The van der Waals surface area contributed by atoms with Crippen LogP contribution in [0.3, 0.4) is 0 Å². The molecule has 1 unspecified atom stereocenters. The molecule has 1 saturated carbocycles. The van der Waals surface area contributed by atoms with Crippen LogP contribution in [-0.2, 0) is 0 Å². The minimum absolute atomic E-state index is 0.0334. The fourth-order valence-corrected chi connectivity index (χ4v) is 2.45. The van der Waals surface area contributed by atoms with E-state index >= 15 is 0 Å². The molecule has 1 aromatic rings. The molecular weight excluding hydrogens is 272 g/mol. The lowest BCUT2D eigenvalue weighted by molar-refractivity contribution is -0.0585. The van der Waals surface area contributed by atoms with E-state index in [0.29, 0.717) is 12.8 Å². The van der Waals surface area contributed by atoms with Crippen molar-refractivity contribution in [2.45, 2.75) is 31.6 Å². The first-order chi connectivity index (χ1) is 9.35. The summed E-state index contributed by atoms with van der Waals surface area (Å²) in [6.45, 7) is 0.0695. The molecule has 1 aliphatic rings. The lowest BCUT2D eigenvalue weighted by Crippen LogP contribution is -2.31. The molecule has 0 aromatic heterocycles. The summed E-state index contributed by atoms with van der Waals surface area (Å²) in [6.07, 6.45) is 0.785. The molecule has 1 aliphatic carbocycles. The van der Waals surface area contributed by atoms with Crippen molar-refractivity contribution in [3.05, 3.63) is 24.0 Å². The summed E-state index contributed by atoms with van der Waals surface area (Å²) in [7, 11) is -1.80. The van der Waals surface area contributed by atoms with Crippen molar-refractivity contribution in [1.29, 1.82) is 0 Å². The highest BCUT2D eigenvalue weighted by atomic mass is 19.3. The Labute approximate surface area is 115 Å². The summed E-state index contributed by atoms with van der Waals surface area (Å²) < 4.78 is 45.0. The Bertz CT molecular complexity index is 468. The Balaban J connectivity index is 1.97.